The van der Waals surface area contributed by atoms with Gasteiger partial charge in [-0.25, -0.2) is 0 Å². The first-order valence-electron chi connectivity index (χ1n) is 4.43. The van der Waals surface area contributed by atoms with E-state index in [-0.39, 0.29) is 36.0 Å². The monoisotopic (exact) mass is 264 g/mol. The molecule has 0 N–H and O–H groups in total. The molecule has 0 saturated heterocycles. The van der Waals surface area contributed by atoms with Crippen LogP contribution < -0.4 is 0 Å². The molecule has 0 spiro atoms. The molecule has 5 nitrogen and oxygen atoms in total. The van der Waals surface area contributed by atoms with E-state index in [1.165, 1.54) is 27.7 Å². The van der Waals surface area contributed by atoms with Crippen molar-refractivity contribution in [3.05, 3.63) is 0 Å². The Kier molecular flexibility index (Phi) is 18.3. The Hall–Kier alpha value is -0.806. The molecule has 90 valence electrons. The first-order valence-corrected chi connectivity index (χ1v) is 5.07. The normalized spacial score (nSPS) is 7.44. The zero-order valence-electron chi connectivity index (χ0n) is 9.96. The Labute approximate surface area is 107 Å². The molecule has 0 aliphatic carbocycles. The summed E-state index contributed by atoms with van der Waals surface area (Å²) in [6.07, 6.45) is 0.167. The summed E-state index contributed by atoms with van der Waals surface area (Å²) in [4.78, 5) is 40.1. The average Bonchev–Trinajstić information content (AvgIpc) is 2.03. The van der Waals surface area contributed by atoms with Crippen LogP contribution in [0.4, 0.5) is 0 Å². The number of ketones is 4. The van der Waals surface area contributed by atoms with Crippen LogP contribution in [-0.4, -0.2) is 23.1 Å². The molecule has 0 heterocycles. The van der Waals surface area contributed by atoms with Gasteiger partial charge in [0.05, 0.1) is 12.8 Å². The molecule has 0 aliphatic rings. The Morgan fingerprint density at radius 1 is 0.625 bits per heavy atom. The van der Waals surface area contributed by atoms with E-state index in [0.717, 1.165) is 20.4 Å². The van der Waals surface area contributed by atoms with Crippen LogP contribution in [-0.2, 0) is 42.9 Å². The summed E-state index contributed by atoms with van der Waals surface area (Å²) >= 11 is 0.750. The zero-order valence-corrected chi connectivity index (χ0v) is 11.5. The molecule has 0 aromatic rings. The van der Waals surface area contributed by atoms with Gasteiger partial charge in [-0.3, -0.25) is 19.2 Å². The van der Waals surface area contributed by atoms with E-state index in [2.05, 4.69) is 0 Å². The summed E-state index contributed by atoms with van der Waals surface area (Å²) < 4.78 is 8.25. The molecule has 0 rings (SSSR count). The average molecular weight is 264 g/mol. The Bertz CT molecular complexity index is 210. The van der Waals surface area contributed by atoms with Crippen molar-refractivity contribution in [1.29, 1.82) is 0 Å². The van der Waals surface area contributed by atoms with Gasteiger partial charge in [0.1, 0.15) is 23.1 Å². The molecular weight excluding hydrogens is 248 g/mol. The fraction of sp³-hybridized carbons (Fsp3) is 0.600. The maximum absolute atomic E-state index is 10.0. The van der Waals surface area contributed by atoms with E-state index in [1.807, 2.05) is 0 Å². The quantitative estimate of drug-likeness (QED) is 0.558. The van der Waals surface area contributed by atoms with Crippen LogP contribution in [0, 0.1) is 0 Å². The molecular formula is C10H16O5Ti. The summed E-state index contributed by atoms with van der Waals surface area (Å²) in [5.74, 6) is -0.250. The van der Waals surface area contributed by atoms with Gasteiger partial charge in [-0.05, 0) is 27.7 Å². The fourth-order valence-electron chi connectivity index (χ4n) is 0.701. The number of carbonyl (C=O) groups is 4. The van der Waals surface area contributed by atoms with Crippen molar-refractivity contribution in [2.24, 2.45) is 0 Å². The molecule has 16 heavy (non-hydrogen) atoms. The third-order valence-corrected chi connectivity index (χ3v) is 0.996. The number of rotatable bonds is 4. The second kappa shape index (κ2) is 14.2. The molecule has 0 aromatic carbocycles. The molecule has 0 amide bonds. The molecule has 0 bridgehead atoms. The number of Topliss-reactive ketones (excluding diaryl/α,β-unsaturated/α-hetero) is 4. The molecule has 0 radical (unpaired) electrons. The van der Waals surface area contributed by atoms with Crippen LogP contribution in [0.5, 0.6) is 0 Å². The molecule has 0 aromatic heterocycles. The van der Waals surface area contributed by atoms with Gasteiger partial charge in [-0.15, -0.1) is 0 Å². The van der Waals surface area contributed by atoms with Crippen LogP contribution in [0.2, 0.25) is 0 Å². The van der Waals surface area contributed by atoms with E-state index in [4.69, 9.17) is 3.32 Å². The van der Waals surface area contributed by atoms with Gasteiger partial charge in [0, 0.05) is 0 Å². The summed E-state index contributed by atoms with van der Waals surface area (Å²) in [6, 6.07) is 0. The summed E-state index contributed by atoms with van der Waals surface area (Å²) in [5.41, 5.74) is 0. The Morgan fingerprint density at radius 2 is 0.750 bits per heavy atom. The topological polar surface area (TPSA) is 85.3 Å². The van der Waals surface area contributed by atoms with Crippen molar-refractivity contribution in [3.8, 4) is 0 Å². The van der Waals surface area contributed by atoms with Gasteiger partial charge >= 0.3 is 23.7 Å². The van der Waals surface area contributed by atoms with Gasteiger partial charge in [-0.1, -0.05) is 0 Å². The van der Waals surface area contributed by atoms with Gasteiger partial charge in [-0.2, -0.15) is 0 Å². The van der Waals surface area contributed by atoms with E-state index >= 15 is 0 Å². The number of carbonyl (C=O) groups excluding carboxylic acids is 4. The van der Waals surface area contributed by atoms with E-state index in [1.54, 1.807) is 0 Å². The van der Waals surface area contributed by atoms with Crippen LogP contribution in [0.3, 0.4) is 0 Å². The molecule has 0 saturated carbocycles. The van der Waals surface area contributed by atoms with Crippen molar-refractivity contribution in [3.63, 3.8) is 0 Å². The van der Waals surface area contributed by atoms with E-state index in [0.29, 0.717) is 0 Å². The maximum atomic E-state index is 10.0. The second-order valence-electron chi connectivity index (χ2n) is 3.16. The molecule has 0 unspecified atom stereocenters. The second-order valence-corrected chi connectivity index (χ2v) is 3.16. The van der Waals surface area contributed by atoms with Crippen LogP contribution in [0.15, 0.2) is 0 Å². The van der Waals surface area contributed by atoms with Crippen molar-refractivity contribution < 1.29 is 42.9 Å². The predicted octanol–water partition coefficient (Wildman–Crippen LogP) is 0.988. The minimum atomic E-state index is -0.0625. The summed E-state index contributed by atoms with van der Waals surface area (Å²) in [5, 5.41) is 0. The predicted molar refractivity (Wildman–Crippen MR) is 52.6 cm³/mol. The van der Waals surface area contributed by atoms with Gasteiger partial charge < -0.3 is 0 Å². The first kappa shape index (κ1) is 20.6. The zero-order chi connectivity index (χ0) is 13.7. The van der Waals surface area contributed by atoms with Crippen molar-refractivity contribution in [2.45, 2.75) is 40.5 Å². The molecule has 6 heteroatoms. The van der Waals surface area contributed by atoms with Gasteiger partial charge in [0.15, 0.2) is 0 Å². The Balaban J connectivity index is -0.000000183. The van der Waals surface area contributed by atoms with Crippen LogP contribution in [0.25, 0.3) is 0 Å². The van der Waals surface area contributed by atoms with Crippen LogP contribution in [0.1, 0.15) is 40.5 Å². The first-order chi connectivity index (χ1) is 7.25. The van der Waals surface area contributed by atoms with Crippen LogP contribution >= 0.6 is 0 Å². The fourth-order valence-corrected chi connectivity index (χ4v) is 0.701. The van der Waals surface area contributed by atoms with Crippen molar-refractivity contribution >= 4 is 23.1 Å². The third-order valence-electron chi connectivity index (χ3n) is 0.996. The van der Waals surface area contributed by atoms with Crippen molar-refractivity contribution in [1.82, 2.24) is 0 Å². The van der Waals surface area contributed by atoms with Crippen molar-refractivity contribution in [2.75, 3.05) is 0 Å². The third kappa shape index (κ3) is 37.9. The summed E-state index contributed by atoms with van der Waals surface area (Å²) in [7, 11) is 0. The SMILES string of the molecule is CC(=O)CC(C)=O.CC(=O)CC(C)=O.[O]=[Ti]. The molecule has 0 aliphatic heterocycles. The number of hydrogen-bond acceptors (Lipinski definition) is 5. The van der Waals surface area contributed by atoms with E-state index < -0.39 is 0 Å². The molecule has 0 atom stereocenters. The number of hydrogen-bond donors (Lipinski definition) is 0. The minimum absolute atomic E-state index is 0.0625. The van der Waals surface area contributed by atoms with Gasteiger partial charge in [0.2, 0.25) is 0 Å². The molecule has 0 fully saturated rings. The van der Waals surface area contributed by atoms with E-state index in [9.17, 15) is 19.2 Å². The van der Waals surface area contributed by atoms with Gasteiger partial charge in [0.25, 0.3) is 0 Å². The summed E-state index contributed by atoms with van der Waals surface area (Å²) in [6.45, 7) is 5.62. The standard InChI is InChI=1S/2C5H8O2.O.Ti/c2*1-4(6)3-5(2)7;;/h2*3H2,1-2H3;;. The Morgan fingerprint density at radius 3 is 0.750 bits per heavy atom.